The molecule has 0 saturated carbocycles. The second kappa shape index (κ2) is 9.49. The number of carbonyl (C=O) groups excluding carboxylic acids is 2. The molecule has 156 valence electrons. The molecule has 2 N–H and O–H groups in total. The minimum absolute atomic E-state index is 0.192. The van der Waals surface area contributed by atoms with Crippen molar-refractivity contribution >= 4 is 40.4 Å². The maximum absolute atomic E-state index is 12.6. The molecule has 0 atom stereocenters. The Morgan fingerprint density at radius 1 is 0.968 bits per heavy atom. The lowest BCUT2D eigenvalue weighted by atomic mass is 10.2. The van der Waals surface area contributed by atoms with E-state index in [2.05, 4.69) is 33.1 Å². The Bertz CT molecular complexity index is 1220. The van der Waals surface area contributed by atoms with Crippen LogP contribution in [0.2, 0.25) is 0 Å². The predicted octanol–water partition coefficient (Wildman–Crippen LogP) is 4.02. The van der Waals surface area contributed by atoms with Gasteiger partial charge < -0.3 is 10.1 Å². The maximum atomic E-state index is 12.6. The van der Waals surface area contributed by atoms with Crippen LogP contribution in [0, 0.1) is 0 Å². The van der Waals surface area contributed by atoms with Gasteiger partial charge in [-0.25, -0.2) is 14.3 Å². The van der Waals surface area contributed by atoms with Gasteiger partial charge in [0.25, 0.3) is 0 Å². The third-order valence-electron chi connectivity index (χ3n) is 4.81. The zero-order valence-electron chi connectivity index (χ0n) is 17.0. The van der Waals surface area contributed by atoms with E-state index in [4.69, 9.17) is 4.74 Å². The van der Waals surface area contributed by atoms with E-state index in [1.54, 1.807) is 24.3 Å². The third kappa shape index (κ3) is 4.78. The minimum Gasteiger partial charge on any atom is -0.465 e. The number of hydrogen-bond donors (Lipinski definition) is 2. The standard InChI is InChI=1S/C24H21N3O3S/c1-30-23(29)18-11-5-6-12-19(18)25-22(28)16-31-24-26-20-13-7-8-14-21(20)27(24)15-17-9-3-2-4-10-17/h2-14H,15-16H2,1H3,(H,25,28,29)/p+1. The first kappa shape index (κ1) is 20.7. The molecule has 7 heteroatoms. The SMILES string of the molecule is COC(=O)c1ccccc1NC(=O)CSc1[nH]c2ccccc2[n+]1Cc1ccccc1. The quantitative estimate of drug-likeness (QED) is 0.263. The van der Waals surface area contributed by atoms with Crippen molar-refractivity contribution in [2.45, 2.75) is 11.7 Å². The molecule has 0 bridgehead atoms. The molecule has 1 aromatic heterocycles. The molecule has 1 amide bonds. The minimum atomic E-state index is -0.486. The Balaban J connectivity index is 1.52. The first-order valence-corrected chi connectivity index (χ1v) is 10.8. The number of hydrogen-bond acceptors (Lipinski definition) is 4. The fourth-order valence-electron chi connectivity index (χ4n) is 3.34. The topological polar surface area (TPSA) is 75.1 Å². The first-order valence-electron chi connectivity index (χ1n) is 9.80. The number of nitrogens with zero attached hydrogens (tertiary/aromatic N) is 1. The molecule has 6 nitrogen and oxygen atoms in total. The van der Waals surface area contributed by atoms with E-state index in [1.165, 1.54) is 24.4 Å². The lowest BCUT2D eigenvalue weighted by Gasteiger charge is -2.09. The van der Waals surface area contributed by atoms with Crippen LogP contribution in [0.1, 0.15) is 15.9 Å². The van der Waals surface area contributed by atoms with Gasteiger partial charge in [0.2, 0.25) is 5.91 Å². The summed E-state index contributed by atoms with van der Waals surface area (Å²) in [7, 11) is 1.32. The molecule has 0 spiro atoms. The van der Waals surface area contributed by atoms with Crippen molar-refractivity contribution in [3.05, 3.63) is 90.0 Å². The second-order valence-corrected chi connectivity index (χ2v) is 7.86. The summed E-state index contributed by atoms with van der Waals surface area (Å²) in [4.78, 5) is 28.0. The summed E-state index contributed by atoms with van der Waals surface area (Å²) in [5.74, 6) is -0.497. The number of fused-ring (bicyclic) bond motifs is 1. The Kier molecular flexibility index (Phi) is 6.33. The summed E-state index contributed by atoms with van der Waals surface area (Å²) >= 11 is 1.42. The lowest BCUT2D eigenvalue weighted by molar-refractivity contribution is -0.700. The summed E-state index contributed by atoms with van der Waals surface area (Å²) in [6, 6.07) is 25.1. The molecule has 0 saturated heterocycles. The number of nitrogens with one attached hydrogen (secondary N) is 2. The largest absolute Gasteiger partial charge is 0.465 e. The van der Waals surface area contributed by atoms with Gasteiger partial charge in [-0.15, -0.1) is 0 Å². The number of aromatic nitrogens is 2. The molecule has 4 rings (SSSR count). The molecular formula is C24H22N3O3S+. The van der Waals surface area contributed by atoms with Crippen molar-refractivity contribution in [1.82, 2.24) is 4.98 Å². The molecule has 3 aromatic carbocycles. The zero-order chi connectivity index (χ0) is 21.6. The number of H-pyrrole nitrogens is 1. The first-order chi connectivity index (χ1) is 15.2. The summed E-state index contributed by atoms with van der Waals surface area (Å²) < 4.78 is 6.96. The Morgan fingerprint density at radius 2 is 1.68 bits per heavy atom. The molecule has 0 radical (unpaired) electrons. The van der Waals surface area contributed by atoms with Crippen LogP contribution in [0.15, 0.2) is 84.0 Å². The molecular weight excluding hydrogens is 410 g/mol. The van der Waals surface area contributed by atoms with Gasteiger partial charge in [-0.05, 0) is 41.6 Å². The average Bonchev–Trinajstić information content (AvgIpc) is 3.15. The number of imidazole rings is 1. The predicted molar refractivity (Wildman–Crippen MR) is 121 cm³/mol. The van der Waals surface area contributed by atoms with Crippen LogP contribution in [0.5, 0.6) is 0 Å². The van der Waals surface area contributed by atoms with Crippen molar-refractivity contribution in [3.8, 4) is 0 Å². The number of aromatic amines is 1. The molecule has 0 aliphatic heterocycles. The number of methoxy groups -OCH3 is 1. The highest BCUT2D eigenvalue weighted by molar-refractivity contribution is 7.99. The van der Waals surface area contributed by atoms with Gasteiger partial charge in [-0.1, -0.05) is 54.6 Å². The van der Waals surface area contributed by atoms with E-state index in [0.717, 1.165) is 16.2 Å². The lowest BCUT2D eigenvalue weighted by Crippen LogP contribution is -2.35. The highest BCUT2D eigenvalue weighted by atomic mass is 32.2. The van der Waals surface area contributed by atoms with E-state index < -0.39 is 5.97 Å². The summed E-state index contributed by atoms with van der Waals surface area (Å²) in [6.45, 7) is 0.694. The molecule has 0 aliphatic carbocycles. The van der Waals surface area contributed by atoms with E-state index >= 15 is 0 Å². The second-order valence-electron chi connectivity index (χ2n) is 6.89. The number of para-hydroxylation sites is 3. The van der Waals surface area contributed by atoms with Crippen LogP contribution in [-0.4, -0.2) is 29.7 Å². The van der Waals surface area contributed by atoms with Crippen LogP contribution in [0.4, 0.5) is 5.69 Å². The van der Waals surface area contributed by atoms with E-state index in [9.17, 15) is 9.59 Å². The smallest absolute Gasteiger partial charge is 0.339 e. The molecule has 0 aliphatic rings. The monoisotopic (exact) mass is 432 g/mol. The normalized spacial score (nSPS) is 10.7. The van der Waals surface area contributed by atoms with Crippen molar-refractivity contribution in [2.24, 2.45) is 0 Å². The van der Waals surface area contributed by atoms with Gasteiger partial charge in [-0.3, -0.25) is 4.79 Å². The molecule has 0 unspecified atom stereocenters. The Hall–Kier alpha value is -3.58. The maximum Gasteiger partial charge on any atom is 0.339 e. The van der Waals surface area contributed by atoms with Crippen LogP contribution in [0.25, 0.3) is 11.0 Å². The fourth-order valence-corrected chi connectivity index (χ4v) is 4.18. The van der Waals surface area contributed by atoms with Gasteiger partial charge in [0.1, 0.15) is 6.54 Å². The van der Waals surface area contributed by atoms with Gasteiger partial charge in [-0.2, -0.15) is 0 Å². The van der Waals surface area contributed by atoms with Crippen molar-refractivity contribution in [1.29, 1.82) is 0 Å². The Morgan fingerprint density at radius 3 is 2.48 bits per heavy atom. The van der Waals surface area contributed by atoms with Crippen LogP contribution in [-0.2, 0) is 16.1 Å². The van der Waals surface area contributed by atoms with Crippen LogP contribution < -0.4 is 9.88 Å². The molecule has 31 heavy (non-hydrogen) atoms. The molecule has 0 fully saturated rings. The highest BCUT2D eigenvalue weighted by Gasteiger charge is 2.21. The summed E-state index contributed by atoms with van der Waals surface area (Å²) in [5, 5.41) is 3.71. The van der Waals surface area contributed by atoms with Crippen LogP contribution in [0.3, 0.4) is 0 Å². The number of ether oxygens (including phenoxy) is 1. The third-order valence-corrected chi connectivity index (χ3v) is 5.81. The molecule has 1 heterocycles. The van der Waals surface area contributed by atoms with Crippen LogP contribution >= 0.6 is 11.8 Å². The summed E-state index contributed by atoms with van der Waals surface area (Å²) in [6.07, 6.45) is 0. The average molecular weight is 433 g/mol. The number of esters is 1. The van der Waals surface area contributed by atoms with E-state index in [-0.39, 0.29) is 11.7 Å². The number of thioether (sulfide) groups is 1. The fraction of sp³-hybridized carbons (Fsp3) is 0.125. The van der Waals surface area contributed by atoms with Gasteiger partial charge in [0.15, 0.2) is 11.0 Å². The number of anilines is 1. The van der Waals surface area contributed by atoms with Crippen molar-refractivity contribution < 1.29 is 18.9 Å². The van der Waals surface area contributed by atoms with Crippen molar-refractivity contribution in [2.75, 3.05) is 18.2 Å². The van der Waals surface area contributed by atoms with Gasteiger partial charge >= 0.3 is 11.1 Å². The van der Waals surface area contributed by atoms with Gasteiger partial charge in [0, 0.05) is 0 Å². The highest BCUT2D eigenvalue weighted by Crippen LogP contribution is 2.20. The number of amides is 1. The van der Waals surface area contributed by atoms with Gasteiger partial charge in [0.05, 0.1) is 24.1 Å². The van der Waals surface area contributed by atoms with Crippen molar-refractivity contribution in [3.63, 3.8) is 0 Å². The van der Waals surface area contributed by atoms with E-state index in [0.29, 0.717) is 17.8 Å². The number of carbonyl (C=O) groups is 2. The number of rotatable bonds is 7. The van der Waals surface area contributed by atoms with E-state index in [1.807, 2.05) is 36.4 Å². The molecule has 4 aromatic rings. The Labute approximate surface area is 184 Å². The number of benzene rings is 3. The zero-order valence-corrected chi connectivity index (χ0v) is 17.8. The summed E-state index contributed by atoms with van der Waals surface area (Å²) in [5.41, 5.74) is 4.03.